The standard InChI is InChI=1S/C27H30N2O5/c1-4-27-11-8-12-29(26(31)34-16-17-9-6-5-7-10-17)25(27)23-18-13-21(32-2)22(33-3)14-19(18)28-24(23)20(30)15-27/h5-7,9-10,13-14,25,28H,4,8,11-12,15-16H2,1-3H3/t25?,27-/m0/s1. The Kier molecular flexibility index (Phi) is 5.71. The predicted molar refractivity (Wildman–Crippen MR) is 128 cm³/mol. The molecule has 7 nitrogen and oxygen atoms in total. The molecule has 34 heavy (non-hydrogen) atoms. The van der Waals surface area contributed by atoms with Gasteiger partial charge in [0.05, 0.1) is 31.5 Å². The predicted octanol–water partition coefficient (Wildman–Crippen LogP) is 5.64. The van der Waals surface area contributed by atoms with E-state index in [0.29, 0.717) is 30.2 Å². The summed E-state index contributed by atoms with van der Waals surface area (Å²) in [5.74, 6) is 1.26. The van der Waals surface area contributed by atoms with Gasteiger partial charge in [-0.1, -0.05) is 37.3 Å². The Labute approximate surface area is 199 Å². The molecule has 2 aromatic carbocycles. The number of carbonyl (C=O) groups is 2. The summed E-state index contributed by atoms with van der Waals surface area (Å²) in [7, 11) is 3.18. The highest BCUT2D eigenvalue weighted by Gasteiger charge is 2.53. The maximum Gasteiger partial charge on any atom is 0.410 e. The molecule has 3 aromatic rings. The van der Waals surface area contributed by atoms with Gasteiger partial charge in [-0.15, -0.1) is 0 Å². The number of nitrogens with zero attached hydrogens (tertiary/aromatic N) is 1. The number of carbonyl (C=O) groups excluding carboxylic acids is 2. The summed E-state index contributed by atoms with van der Waals surface area (Å²) in [6.07, 6.45) is 2.59. The Bertz CT molecular complexity index is 1230. The second-order valence-corrected chi connectivity index (χ2v) is 9.22. The number of benzene rings is 2. The highest BCUT2D eigenvalue weighted by molar-refractivity contribution is 6.05. The van der Waals surface area contributed by atoms with Crippen LogP contribution in [-0.4, -0.2) is 42.5 Å². The van der Waals surface area contributed by atoms with Gasteiger partial charge < -0.3 is 24.1 Å². The van der Waals surface area contributed by atoms with E-state index in [1.54, 1.807) is 14.2 Å². The van der Waals surface area contributed by atoms with Crippen molar-refractivity contribution in [2.45, 2.75) is 45.3 Å². The number of Topliss-reactive ketones (excluding diaryl/α,β-unsaturated/α-hetero) is 1. The first-order chi connectivity index (χ1) is 16.5. The monoisotopic (exact) mass is 462 g/mol. The molecule has 5 rings (SSSR count). The number of fused-ring (bicyclic) bond motifs is 5. The first-order valence-electron chi connectivity index (χ1n) is 11.8. The van der Waals surface area contributed by atoms with E-state index >= 15 is 0 Å². The van der Waals surface area contributed by atoms with Crippen LogP contribution in [0.15, 0.2) is 42.5 Å². The van der Waals surface area contributed by atoms with Gasteiger partial charge in [0.25, 0.3) is 0 Å². The lowest BCUT2D eigenvalue weighted by molar-refractivity contribution is -0.00690. The zero-order valence-corrected chi connectivity index (χ0v) is 19.8. The first-order valence-corrected chi connectivity index (χ1v) is 11.8. The number of aromatic nitrogens is 1. The lowest BCUT2D eigenvalue weighted by atomic mass is 9.62. The molecule has 1 aliphatic carbocycles. The van der Waals surface area contributed by atoms with E-state index in [9.17, 15) is 9.59 Å². The summed E-state index contributed by atoms with van der Waals surface area (Å²) in [5.41, 5.74) is 2.85. The normalized spacial score (nSPS) is 21.7. The van der Waals surface area contributed by atoms with Crippen LogP contribution in [0.25, 0.3) is 10.9 Å². The van der Waals surface area contributed by atoms with Gasteiger partial charge in [0.2, 0.25) is 0 Å². The van der Waals surface area contributed by atoms with E-state index in [4.69, 9.17) is 14.2 Å². The number of piperidine rings is 1. The zero-order chi connectivity index (χ0) is 23.9. The molecule has 2 atom stereocenters. The van der Waals surface area contributed by atoms with Crippen molar-refractivity contribution >= 4 is 22.8 Å². The minimum absolute atomic E-state index is 0.0849. The van der Waals surface area contributed by atoms with E-state index in [2.05, 4.69) is 11.9 Å². The van der Waals surface area contributed by atoms with Crippen LogP contribution in [-0.2, 0) is 11.3 Å². The maximum absolute atomic E-state index is 13.4. The van der Waals surface area contributed by atoms with E-state index < -0.39 is 0 Å². The minimum atomic E-state index is -0.346. The van der Waals surface area contributed by atoms with Gasteiger partial charge in [-0.2, -0.15) is 0 Å². The van der Waals surface area contributed by atoms with Gasteiger partial charge in [-0.25, -0.2) is 4.79 Å². The van der Waals surface area contributed by atoms with Crippen LogP contribution in [0.3, 0.4) is 0 Å². The average Bonchev–Trinajstić information content (AvgIpc) is 3.25. The van der Waals surface area contributed by atoms with Crippen LogP contribution in [0.1, 0.15) is 60.3 Å². The van der Waals surface area contributed by atoms with Crippen LogP contribution < -0.4 is 9.47 Å². The molecular formula is C27H30N2O5. The fourth-order valence-corrected chi connectivity index (χ4v) is 5.79. The van der Waals surface area contributed by atoms with Crippen molar-refractivity contribution in [2.75, 3.05) is 20.8 Å². The number of methoxy groups -OCH3 is 2. The van der Waals surface area contributed by atoms with Crippen molar-refractivity contribution in [3.63, 3.8) is 0 Å². The van der Waals surface area contributed by atoms with Crippen molar-refractivity contribution < 1.29 is 23.8 Å². The molecule has 2 heterocycles. The molecular weight excluding hydrogens is 432 g/mol. The smallest absolute Gasteiger partial charge is 0.410 e. The summed E-state index contributed by atoms with van der Waals surface area (Å²) in [5, 5.41) is 0.881. The van der Waals surface area contributed by atoms with Gasteiger partial charge in [-0.3, -0.25) is 4.79 Å². The van der Waals surface area contributed by atoms with Crippen molar-refractivity contribution in [3.05, 3.63) is 59.3 Å². The van der Waals surface area contributed by atoms with Gasteiger partial charge in [0, 0.05) is 35.4 Å². The molecule has 1 aromatic heterocycles. The fraction of sp³-hybridized carbons (Fsp3) is 0.407. The third-order valence-electron chi connectivity index (χ3n) is 7.52. The molecule has 0 bridgehead atoms. The summed E-state index contributed by atoms with van der Waals surface area (Å²) in [6.45, 7) is 2.92. The molecule has 2 aliphatic rings. The van der Waals surface area contributed by atoms with Crippen molar-refractivity contribution in [1.82, 2.24) is 9.88 Å². The molecule has 0 radical (unpaired) electrons. The molecule has 7 heteroatoms. The largest absolute Gasteiger partial charge is 0.493 e. The summed E-state index contributed by atoms with van der Waals surface area (Å²) >= 11 is 0. The van der Waals surface area contributed by atoms with Crippen molar-refractivity contribution in [1.29, 1.82) is 0 Å². The molecule has 0 spiro atoms. The van der Waals surface area contributed by atoms with Gasteiger partial charge >= 0.3 is 6.09 Å². The Morgan fingerprint density at radius 3 is 2.59 bits per heavy atom. The number of hydrogen-bond acceptors (Lipinski definition) is 5. The van der Waals surface area contributed by atoms with Crippen LogP contribution in [0, 0.1) is 5.41 Å². The van der Waals surface area contributed by atoms with E-state index in [-0.39, 0.29) is 29.9 Å². The average molecular weight is 463 g/mol. The van der Waals surface area contributed by atoms with Gasteiger partial charge in [0.15, 0.2) is 17.3 Å². The molecule has 1 unspecified atom stereocenters. The maximum atomic E-state index is 13.4. The SMILES string of the molecule is CC[C@@]12CCCN(C(=O)OCc3ccccc3)C1c1c([nH]c3cc(OC)c(OC)cc13)C(=O)C2. The second-order valence-electron chi connectivity index (χ2n) is 9.22. The Hall–Kier alpha value is -3.48. The number of aromatic amines is 1. The molecule has 1 saturated heterocycles. The third-order valence-corrected chi connectivity index (χ3v) is 7.52. The van der Waals surface area contributed by atoms with E-state index in [1.807, 2.05) is 47.4 Å². The summed E-state index contributed by atoms with van der Waals surface area (Å²) in [6, 6.07) is 13.2. The summed E-state index contributed by atoms with van der Waals surface area (Å²) in [4.78, 5) is 31.9. The summed E-state index contributed by atoms with van der Waals surface area (Å²) < 4.78 is 16.8. The van der Waals surface area contributed by atoms with Crippen molar-refractivity contribution in [3.8, 4) is 11.5 Å². The molecule has 1 aliphatic heterocycles. The minimum Gasteiger partial charge on any atom is -0.493 e. The van der Waals surface area contributed by atoms with Crippen LogP contribution in [0.5, 0.6) is 11.5 Å². The molecule has 1 amide bonds. The number of nitrogens with one attached hydrogen (secondary N) is 1. The number of H-pyrrole nitrogens is 1. The fourth-order valence-electron chi connectivity index (χ4n) is 5.79. The number of ketones is 1. The molecule has 178 valence electrons. The van der Waals surface area contributed by atoms with E-state index in [1.165, 1.54) is 0 Å². The lowest BCUT2D eigenvalue weighted by Crippen LogP contribution is -2.51. The number of rotatable bonds is 5. The van der Waals surface area contributed by atoms with Crippen molar-refractivity contribution in [2.24, 2.45) is 5.41 Å². The highest BCUT2D eigenvalue weighted by Crippen LogP contribution is 2.56. The Balaban J connectivity index is 1.60. The first kappa shape index (κ1) is 22.3. The van der Waals surface area contributed by atoms with Gasteiger partial charge in [-0.05, 0) is 30.9 Å². The Morgan fingerprint density at radius 1 is 1.15 bits per heavy atom. The molecule has 1 fully saturated rings. The second kappa shape index (κ2) is 8.70. The molecule has 1 N–H and O–H groups in total. The molecule has 0 saturated carbocycles. The number of amides is 1. The number of ether oxygens (including phenoxy) is 3. The van der Waals surface area contributed by atoms with Crippen LogP contribution in [0.2, 0.25) is 0 Å². The Morgan fingerprint density at radius 2 is 1.88 bits per heavy atom. The topological polar surface area (TPSA) is 80.9 Å². The highest BCUT2D eigenvalue weighted by atomic mass is 16.6. The third kappa shape index (κ3) is 3.50. The number of likely N-dealkylation sites (tertiary alicyclic amines) is 1. The quantitative estimate of drug-likeness (QED) is 0.531. The van der Waals surface area contributed by atoms with Gasteiger partial charge in [0.1, 0.15) is 6.61 Å². The van der Waals surface area contributed by atoms with Crippen LogP contribution >= 0.6 is 0 Å². The van der Waals surface area contributed by atoms with Crippen LogP contribution in [0.4, 0.5) is 4.79 Å². The zero-order valence-electron chi connectivity index (χ0n) is 19.8. The van der Waals surface area contributed by atoms with E-state index in [0.717, 1.165) is 41.3 Å². The number of hydrogen-bond donors (Lipinski definition) is 1. The lowest BCUT2D eigenvalue weighted by Gasteiger charge is -2.51.